The van der Waals surface area contributed by atoms with Gasteiger partial charge in [-0.2, -0.15) is 0 Å². The van der Waals surface area contributed by atoms with E-state index in [1.165, 1.54) is 12.8 Å². The first-order chi connectivity index (χ1) is 8.13. The maximum absolute atomic E-state index is 5.95. The Morgan fingerprint density at radius 1 is 1.24 bits per heavy atom. The highest BCUT2D eigenvalue weighted by atomic mass is 16.5. The maximum Gasteiger partial charge on any atom is 0.0814 e. The molecule has 1 saturated heterocycles. The molecule has 0 bridgehead atoms. The molecule has 1 rings (SSSR count). The van der Waals surface area contributed by atoms with Gasteiger partial charge in [-0.3, -0.25) is 0 Å². The summed E-state index contributed by atoms with van der Waals surface area (Å²) in [5, 5.41) is 3.41. The van der Waals surface area contributed by atoms with Gasteiger partial charge in [0.15, 0.2) is 0 Å². The normalized spacial score (nSPS) is 26.6. The van der Waals surface area contributed by atoms with Crippen molar-refractivity contribution < 1.29 is 9.47 Å². The molecule has 0 aliphatic carbocycles. The number of nitrogens with one attached hydrogen (secondary N) is 1. The van der Waals surface area contributed by atoms with Crippen LogP contribution in [0, 0.1) is 5.92 Å². The summed E-state index contributed by atoms with van der Waals surface area (Å²) in [6, 6.07) is 0. The lowest BCUT2D eigenvalue weighted by molar-refractivity contribution is -0.0473. The van der Waals surface area contributed by atoms with E-state index in [1.54, 1.807) is 0 Å². The molecule has 1 heterocycles. The average Bonchev–Trinajstić information content (AvgIpc) is 2.74. The van der Waals surface area contributed by atoms with Gasteiger partial charge in [0.1, 0.15) is 0 Å². The van der Waals surface area contributed by atoms with E-state index in [1.807, 2.05) is 0 Å². The number of hydrogen-bond donors (Lipinski definition) is 1. The van der Waals surface area contributed by atoms with E-state index < -0.39 is 0 Å². The fourth-order valence-corrected chi connectivity index (χ4v) is 1.94. The molecule has 1 aliphatic heterocycles. The molecule has 3 unspecified atom stereocenters. The summed E-state index contributed by atoms with van der Waals surface area (Å²) in [6.07, 6.45) is 4.53. The topological polar surface area (TPSA) is 30.5 Å². The van der Waals surface area contributed by atoms with Gasteiger partial charge in [0.2, 0.25) is 0 Å². The highest BCUT2D eigenvalue weighted by Crippen LogP contribution is 2.20. The van der Waals surface area contributed by atoms with Gasteiger partial charge in [0.05, 0.1) is 24.9 Å². The Morgan fingerprint density at radius 3 is 2.59 bits per heavy atom. The molecular weight excluding hydrogens is 214 g/mol. The van der Waals surface area contributed by atoms with Crippen LogP contribution in [0.25, 0.3) is 0 Å². The summed E-state index contributed by atoms with van der Waals surface area (Å²) in [6.45, 7) is 11.5. The summed E-state index contributed by atoms with van der Waals surface area (Å²) in [5.74, 6) is 0.582. The lowest BCUT2D eigenvalue weighted by Crippen LogP contribution is -2.29. The molecule has 0 aromatic heterocycles. The first kappa shape index (κ1) is 14.9. The predicted octanol–water partition coefficient (Wildman–Crippen LogP) is 2.59. The Labute approximate surface area is 106 Å². The Hall–Kier alpha value is -0.120. The highest BCUT2D eigenvalue weighted by molar-refractivity contribution is 4.75. The first-order valence-electron chi connectivity index (χ1n) is 7.11. The van der Waals surface area contributed by atoms with E-state index >= 15 is 0 Å². The van der Waals surface area contributed by atoms with Crippen LogP contribution in [0.2, 0.25) is 0 Å². The summed E-state index contributed by atoms with van der Waals surface area (Å²) in [4.78, 5) is 0. The summed E-state index contributed by atoms with van der Waals surface area (Å²) < 4.78 is 11.8. The van der Waals surface area contributed by atoms with Crippen LogP contribution in [0.5, 0.6) is 0 Å². The third kappa shape index (κ3) is 5.84. The zero-order chi connectivity index (χ0) is 12.7. The molecule has 0 spiro atoms. The van der Waals surface area contributed by atoms with Gasteiger partial charge in [0.25, 0.3) is 0 Å². The second kappa shape index (κ2) is 8.06. The maximum atomic E-state index is 5.95. The van der Waals surface area contributed by atoms with Crippen molar-refractivity contribution in [1.29, 1.82) is 0 Å². The highest BCUT2D eigenvalue weighted by Gasteiger charge is 2.25. The second-order valence-electron chi connectivity index (χ2n) is 5.44. The lowest BCUT2D eigenvalue weighted by atomic mass is 10.1. The molecule has 1 aliphatic rings. The van der Waals surface area contributed by atoms with Crippen LogP contribution in [-0.4, -0.2) is 38.0 Å². The van der Waals surface area contributed by atoms with E-state index in [2.05, 4.69) is 33.0 Å². The van der Waals surface area contributed by atoms with Gasteiger partial charge in [-0.25, -0.2) is 0 Å². The van der Waals surface area contributed by atoms with Crippen LogP contribution in [0.1, 0.15) is 47.0 Å². The number of rotatable bonds is 8. The van der Waals surface area contributed by atoms with Crippen LogP contribution < -0.4 is 5.32 Å². The van der Waals surface area contributed by atoms with E-state index in [0.717, 1.165) is 26.1 Å². The van der Waals surface area contributed by atoms with E-state index in [9.17, 15) is 0 Å². The molecular formula is C14H29NO2. The van der Waals surface area contributed by atoms with Gasteiger partial charge in [-0.1, -0.05) is 20.8 Å². The van der Waals surface area contributed by atoms with Crippen LogP contribution in [0.4, 0.5) is 0 Å². The monoisotopic (exact) mass is 243 g/mol. The van der Waals surface area contributed by atoms with Crippen LogP contribution in [-0.2, 0) is 9.47 Å². The number of ether oxygens (including phenoxy) is 2. The molecule has 0 radical (unpaired) electrons. The SMILES string of the molecule is CCCNCC1CCC(COC(C)C(C)C)O1. The third-order valence-electron chi connectivity index (χ3n) is 3.48. The molecule has 17 heavy (non-hydrogen) atoms. The van der Waals surface area contributed by atoms with Crippen molar-refractivity contribution in [3.05, 3.63) is 0 Å². The molecule has 1 N–H and O–H groups in total. The summed E-state index contributed by atoms with van der Waals surface area (Å²) in [7, 11) is 0. The molecule has 1 fully saturated rings. The molecule has 0 saturated carbocycles. The van der Waals surface area contributed by atoms with Crippen molar-refractivity contribution in [2.75, 3.05) is 19.7 Å². The second-order valence-corrected chi connectivity index (χ2v) is 5.44. The molecule has 3 atom stereocenters. The fourth-order valence-electron chi connectivity index (χ4n) is 1.94. The van der Waals surface area contributed by atoms with Crippen molar-refractivity contribution in [2.24, 2.45) is 5.92 Å². The molecule has 102 valence electrons. The smallest absolute Gasteiger partial charge is 0.0814 e. The molecule has 3 heteroatoms. The third-order valence-corrected chi connectivity index (χ3v) is 3.48. The quantitative estimate of drug-likeness (QED) is 0.665. The van der Waals surface area contributed by atoms with Crippen LogP contribution in [0.15, 0.2) is 0 Å². The largest absolute Gasteiger partial charge is 0.376 e. The van der Waals surface area contributed by atoms with E-state index in [-0.39, 0.29) is 0 Å². The van der Waals surface area contributed by atoms with E-state index in [4.69, 9.17) is 9.47 Å². The van der Waals surface area contributed by atoms with Crippen molar-refractivity contribution in [2.45, 2.75) is 65.3 Å². The van der Waals surface area contributed by atoms with Gasteiger partial charge in [-0.15, -0.1) is 0 Å². The van der Waals surface area contributed by atoms with Gasteiger partial charge >= 0.3 is 0 Å². The standard InChI is InChI=1S/C14H29NO2/c1-5-8-15-9-13-6-7-14(17-13)10-16-12(4)11(2)3/h11-15H,5-10H2,1-4H3. The predicted molar refractivity (Wildman–Crippen MR) is 71.3 cm³/mol. The first-order valence-corrected chi connectivity index (χ1v) is 7.11. The molecule has 0 aromatic carbocycles. The molecule has 0 amide bonds. The number of hydrogen-bond acceptors (Lipinski definition) is 3. The van der Waals surface area contributed by atoms with Gasteiger partial charge in [-0.05, 0) is 38.6 Å². The zero-order valence-electron chi connectivity index (χ0n) is 11.9. The van der Waals surface area contributed by atoms with Crippen LogP contribution in [0.3, 0.4) is 0 Å². The molecule has 3 nitrogen and oxygen atoms in total. The van der Waals surface area contributed by atoms with E-state index in [0.29, 0.717) is 24.2 Å². The fraction of sp³-hybridized carbons (Fsp3) is 1.00. The Bertz CT molecular complexity index is 197. The van der Waals surface area contributed by atoms with Crippen molar-refractivity contribution in [1.82, 2.24) is 5.32 Å². The summed E-state index contributed by atoms with van der Waals surface area (Å²) >= 11 is 0. The summed E-state index contributed by atoms with van der Waals surface area (Å²) in [5.41, 5.74) is 0. The Balaban J connectivity index is 2.09. The average molecular weight is 243 g/mol. The minimum absolute atomic E-state index is 0.310. The lowest BCUT2D eigenvalue weighted by Gasteiger charge is -2.20. The minimum atomic E-state index is 0.310. The van der Waals surface area contributed by atoms with Crippen molar-refractivity contribution in [3.63, 3.8) is 0 Å². The molecule has 0 aromatic rings. The van der Waals surface area contributed by atoms with Gasteiger partial charge < -0.3 is 14.8 Å². The zero-order valence-corrected chi connectivity index (χ0v) is 11.9. The van der Waals surface area contributed by atoms with Crippen molar-refractivity contribution >= 4 is 0 Å². The van der Waals surface area contributed by atoms with Crippen LogP contribution >= 0.6 is 0 Å². The minimum Gasteiger partial charge on any atom is -0.376 e. The van der Waals surface area contributed by atoms with Crippen molar-refractivity contribution in [3.8, 4) is 0 Å². The Morgan fingerprint density at radius 2 is 1.94 bits per heavy atom. The Kier molecular flexibility index (Phi) is 7.09. The van der Waals surface area contributed by atoms with Gasteiger partial charge in [0, 0.05) is 6.54 Å².